The van der Waals surface area contributed by atoms with Gasteiger partial charge in [0.15, 0.2) is 0 Å². The number of alkyl halides is 2. The molecule has 0 spiro atoms. The lowest BCUT2D eigenvalue weighted by Crippen LogP contribution is -2.42. The van der Waals surface area contributed by atoms with Crippen LogP contribution in [0.4, 0.5) is 8.78 Å². The lowest BCUT2D eigenvalue weighted by Gasteiger charge is -2.26. The smallest absolute Gasteiger partial charge is 0.261 e. The first kappa shape index (κ1) is 14.8. The standard InChI is InChI=1S/C20H15F2NO2/c21-20(22)16-14(11-6-2-1-3-7-11)10-15(17(16)20)23-18(24)12-8-4-5-9-13(12)19(23)25/h1-9,14-17H,10H2/t14-,15-,16-,17+/m1/s1. The van der Waals surface area contributed by atoms with Crippen molar-refractivity contribution >= 4 is 11.8 Å². The molecule has 2 fully saturated rings. The number of fused-ring (bicyclic) bond motifs is 2. The number of halogens is 2. The molecule has 0 saturated heterocycles. The van der Waals surface area contributed by atoms with Crippen LogP contribution in [-0.4, -0.2) is 28.7 Å². The van der Waals surface area contributed by atoms with E-state index < -0.39 is 35.6 Å². The highest BCUT2D eigenvalue weighted by Gasteiger charge is 2.78. The fraction of sp³-hybridized carbons (Fsp3) is 0.300. The topological polar surface area (TPSA) is 37.4 Å². The second-order valence-corrected chi connectivity index (χ2v) is 7.07. The van der Waals surface area contributed by atoms with Gasteiger partial charge in [-0.1, -0.05) is 42.5 Å². The van der Waals surface area contributed by atoms with E-state index in [-0.39, 0.29) is 5.92 Å². The van der Waals surface area contributed by atoms with Crippen LogP contribution in [0.1, 0.15) is 38.6 Å². The van der Waals surface area contributed by atoms with Crippen molar-refractivity contribution in [2.24, 2.45) is 11.8 Å². The van der Waals surface area contributed by atoms with E-state index in [0.29, 0.717) is 17.5 Å². The first-order valence-corrected chi connectivity index (χ1v) is 8.41. The number of benzene rings is 2. The van der Waals surface area contributed by atoms with Gasteiger partial charge in [0.2, 0.25) is 0 Å². The molecule has 25 heavy (non-hydrogen) atoms. The van der Waals surface area contributed by atoms with Crippen LogP contribution >= 0.6 is 0 Å². The zero-order chi connectivity index (χ0) is 17.3. The van der Waals surface area contributed by atoms with Crippen molar-refractivity contribution in [3.8, 4) is 0 Å². The number of hydrogen-bond acceptors (Lipinski definition) is 2. The van der Waals surface area contributed by atoms with Gasteiger partial charge in [-0.3, -0.25) is 14.5 Å². The van der Waals surface area contributed by atoms with Gasteiger partial charge in [-0.25, -0.2) is 8.78 Å². The minimum absolute atomic E-state index is 0.316. The van der Waals surface area contributed by atoms with Gasteiger partial charge in [-0.2, -0.15) is 0 Å². The summed E-state index contributed by atoms with van der Waals surface area (Å²) >= 11 is 0. The molecular weight excluding hydrogens is 324 g/mol. The van der Waals surface area contributed by atoms with Crippen molar-refractivity contribution in [1.29, 1.82) is 0 Å². The first-order chi connectivity index (χ1) is 12.0. The van der Waals surface area contributed by atoms with E-state index in [1.54, 1.807) is 24.3 Å². The molecule has 126 valence electrons. The SMILES string of the molecule is O=C1c2ccccc2C(=O)N1[C@@H]1C[C@H](c2ccccc2)[C@@H]2[C@H]1C2(F)F. The summed E-state index contributed by atoms with van der Waals surface area (Å²) in [5.74, 6) is -5.75. The van der Waals surface area contributed by atoms with E-state index in [9.17, 15) is 18.4 Å². The van der Waals surface area contributed by atoms with E-state index in [2.05, 4.69) is 0 Å². The molecule has 2 saturated carbocycles. The molecule has 1 heterocycles. The maximum absolute atomic E-state index is 14.4. The van der Waals surface area contributed by atoms with Gasteiger partial charge in [0.05, 0.1) is 23.1 Å². The minimum atomic E-state index is -2.82. The van der Waals surface area contributed by atoms with E-state index in [4.69, 9.17) is 0 Å². The maximum Gasteiger partial charge on any atom is 0.261 e. The van der Waals surface area contributed by atoms with Crippen molar-refractivity contribution in [2.45, 2.75) is 24.3 Å². The molecule has 2 aromatic rings. The molecule has 4 atom stereocenters. The molecule has 2 aromatic carbocycles. The molecule has 2 amide bonds. The highest BCUT2D eigenvalue weighted by molar-refractivity contribution is 6.21. The number of carbonyl (C=O) groups excluding carboxylic acids is 2. The summed E-state index contributed by atoms with van der Waals surface area (Å²) in [4.78, 5) is 26.4. The van der Waals surface area contributed by atoms with Crippen LogP contribution in [0.3, 0.4) is 0 Å². The molecule has 2 aliphatic carbocycles. The molecule has 3 aliphatic rings. The van der Waals surface area contributed by atoms with E-state index >= 15 is 0 Å². The number of amides is 2. The summed E-state index contributed by atoms with van der Waals surface area (Å²) in [5, 5.41) is 0. The molecule has 0 N–H and O–H groups in total. The largest absolute Gasteiger partial charge is 0.271 e. The molecule has 1 aliphatic heterocycles. The van der Waals surface area contributed by atoms with Crippen molar-refractivity contribution in [3.05, 3.63) is 71.3 Å². The Morgan fingerprint density at radius 1 is 0.840 bits per heavy atom. The van der Waals surface area contributed by atoms with Gasteiger partial charge < -0.3 is 0 Å². The van der Waals surface area contributed by atoms with Crippen LogP contribution in [-0.2, 0) is 0 Å². The average molecular weight is 339 g/mol. The van der Waals surface area contributed by atoms with Crippen molar-refractivity contribution in [2.75, 3.05) is 0 Å². The fourth-order valence-electron chi connectivity index (χ4n) is 4.76. The first-order valence-electron chi connectivity index (χ1n) is 8.41. The molecule has 5 rings (SSSR count). The number of rotatable bonds is 2. The molecule has 5 heteroatoms. The number of imide groups is 1. The summed E-state index contributed by atoms with van der Waals surface area (Å²) < 4.78 is 28.8. The van der Waals surface area contributed by atoms with Gasteiger partial charge in [-0.15, -0.1) is 0 Å². The summed E-state index contributed by atoms with van der Waals surface area (Å²) in [6, 6.07) is 15.0. The van der Waals surface area contributed by atoms with Crippen molar-refractivity contribution < 1.29 is 18.4 Å². The van der Waals surface area contributed by atoms with Crippen LogP contribution in [0.25, 0.3) is 0 Å². The Morgan fingerprint density at radius 2 is 1.40 bits per heavy atom. The third kappa shape index (κ3) is 1.84. The second kappa shape index (κ2) is 4.75. The minimum Gasteiger partial charge on any atom is -0.271 e. The highest BCUT2D eigenvalue weighted by atomic mass is 19.3. The Bertz CT molecular complexity index is 861. The van der Waals surface area contributed by atoms with Gasteiger partial charge >= 0.3 is 0 Å². The lowest BCUT2D eigenvalue weighted by molar-refractivity contribution is 0.0332. The summed E-state index contributed by atoms with van der Waals surface area (Å²) in [5.41, 5.74) is 1.49. The number of nitrogens with zero attached hydrogens (tertiary/aromatic N) is 1. The maximum atomic E-state index is 14.4. The fourth-order valence-corrected chi connectivity index (χ4v) is 4.76. The van der Waals surface area contributed by atoms with Crippen molar-refractivity contribution in [1.82, 2.24) is 4.90 Å². The van der Waals surface area contributed by atoms with Crippen molar-refractivity contribution in [3.63, 3.8) is 0 Å². The van der Waals surface area contributed by atoms with Crippen LogP contribution in [0, 0.1) is 11.8 Å². The quantitative estimate of drug-likeness (QED) is 0.782. The van der Waals surface area contributed by atoms with Crippen LogP contribution < -0.4 is 0 Å². The Balaban J connectivity index is 1.52. The number of hydrogen-bond donors (Lipinski definition) is 0. The zero-order valence-electron chi connectivity index (χ0n) is 13.2. The Hall–Kier alpha value is -2.56. The molecule has 0 unspecified atom stereocenters. The highest BCUT2D eigenvalue weighted by Crippen LogP contribution is 2.70. The Kier molecular flexibility index (Phi) is 2.80. The Morgan fingerprint density at radius 3 is 2.00 bits per heavy atom. The van der Waals surface area contributed by atoms with Gasteiger partial charge in [0.1, 0.15) is 0 Å². The van der Waals surface area contributed by atoms with E-state index in [0.717, 1.165) is 10.5 Å². The van der Waals surface area contributed by atoms with Gasteiger partial charge in [-0.05, 0) is 30.0 Å². The molecule has 3 nitrogen and oxygen atoms in total. The monoisotopic (exact) mass is 339 g/mol. The van der Waals surface area contributed by atoms with E-state index in [1.807, 2.05) is 30.3 Å². The third-order valence-corrected chi connectivity index (χ3v) is 5.89. The normalized spacial score (nSPS) is 31.8. The van der Waals surface area contributed by atoms with E-state index in [1.165, 1.54) is 0 Å². The van der Waals surface area contributed by atoms with Crippen LogP contribution in [0.2, 0.25) is 0 Å². The molecular formula is C20H15F2NO2. The molecule has 0 radical (unpaired) electrons. The summed E-state index contributed by atoms with van der Waals surface area (Å²) in [7, 11) is 0. The third-order valence-electron chi connectivity index (χ3n) is 5.89. The Labute approximate surface area is 143 Å². The van der Waals surface area contributed by atoms with Crippen LogP contribution in [0.15, 0.2) is 54.6 Å². The predicted molar refractivity (Wildman–Crippen MR) is 86.5 cm³/mol. The second-order valence-electron chi connectivity index (χ2n) is 7.07. The lowest BCUT2D eigenvalue weighted by atomic mass is 9.92. The zero-order valence-corrected chi connectivity index (χ0v) is 13.2. The molecule has 0 bridgehead atoms. The number of carbonyl (C=O) groups is 2. The van der Waals surface area contributed by atoms with Crippen LogP contribution in [0.5, 0.6) is 0 Å². The van der Waals surface area contributed by atoms with Gasteiger partial charge in [0, 0.05) is 5.92 Å². The molecule has 0 aromatic heterocycles. The van der Waals surface area contributed by atoms with Gasteiger partial charge in [0.25, 0.3) is 17.7 Å². The predicted octanol–water partition coefficient (Wildman–Crippen LogP) is 3.72. The summed E-state index contributed by atoms with van der Waals surface area (Å²) in [6.07, 6.45) is 0.403. The summed E-state index contributed by atoms with van der Waals surface area (Å²) in [6.45, 7) is 0. The average Bonchev–Trinajstić information content (AvgIpc) is 2.93.